The Morgan fingerprint density at radius 1 is 1.24 bits per heavy atom. The second-order valence-corrected chi connectivity index (χ2v) is 6.47. The highest BCUT2D eigenvalue weighted by atomic mass is 16.5. The lowest BCUT2D eigenvalue weighted by Gasteiger charge is -2.33. The average Bonchev–Trinajstić information content (AvgIpc) is 3.20. The van der Waals surface area contributed by atoms with Crippen LogP contribution < -0.4 is 4.74 Å². The fraction of sp³-hybridized carbons (Fsp3) is 0.389. The molecule has 1 aliphatic heterocycles. The maximum atomic E-state index is 5.88. The first-order chi connectivity index (χ1) is 12.2. The van der Waals surface area contributed by atoms with Gasteiger partial charge in [-0.2, -0.15) is 10.2 Å². The summed E-state index contributed by atoms with van der Waals surface area (Å²) < 4.78 is 9.92. The van der Waals surface area contributed by atoms with Crippen molar-refractivity contribution in [1.82, 2.24) is 29.4 Å². The van der Waals surface area contributed by atoms with E-state index in [2.05, 4.69) is 36.9 Å². The van der Waals surface area contributed by atoms with Crippen molar-refractivity contribution < 1.29 is 4.74 Å². The third-order valence-corrected chi connectivity index (χ3v) is 4.50. The van der Waals surface area contributed by atoms with Crippen LogP contribution in [0.3, 0.4) is 0 Å². The van der Waals surface area contributed by atoms with Crippen molar-refractivity contribution in [2.24, 2.45) is 7.05 Å². The van der Waals surface area contributed by atoms with E-state index in [0.717, 1.165) is 25.3 Å². The van der Waals surface area contributed by atoms with Crippen LogP contribution >= 0.6 is 0 Å². The van der Waals surface area contributed by atoms with Crippen LogP contribution in [-0.4, -0.2) is 42.6 Å². The lowest BCUT2D eigenvalue weighted by atomic mass is 10.2. The number of aryl methyl sites for hydroxylation is 2. The van der Waals surface area contributed by atoms with E-state index >= 15 is 0 Å². The van der Waals surface area contributed by atoms with Gasteiger partial charge in [-0.15, -0.1) is 0 Å². The SMILES string of the molecule is Cc1cc(CN2Cc3ccnn3[C@H](COc3ccccn3)C2)n(C)n1. The van der Waals surface area contributed by atoms with Crippen molar-refractivity contribution in [2.45, 2.75) is 26.1 Å². The van der Waals surface area contributed by atoms with Crippen molar-refractivity contribution in [3.63, 3.8) is 0 Å². The molecule has 0 unspecified atom stereocenters. The van der Waals surface area contributed by atoms with Crippen LogP contribution in [0.4, 0.5) is 0 Å². The van der Waals surface area contributed by atoms with E-state index < -0.39 is 0 Å². The predicted molar refractivity (Wildman–Crippen MR) is 93.1 cm³/mol. The highest BCUT2D eigenvalue weighted by Crippen LogP contribution is 2.23. The molecule has 0 aliphatic carbocycles. The summed E-state index contributed by atoms with van der Waals surface area (Å²) in [6, 6.07) is 10.1. The van der Waals surface area contributed by atoms with Gasteiger partial charge in [0.1, 0.15) is 6.61 Å². The molecule has 7 heteroatoms. The van der Waals surface area contributed by atoms with Crippen LogP contribution in [-0.2, 0) is 20.1 Å². The highest BCUT2D eigenvalue weighted by Gasteiger charge is 2.26. The first-order valence-corrected chi connectivity index (χ1v) is 8.47. The second-order valence-electron chi connectivity index (χ2n) is 6.47. The van der Waals surface area contributed by atoms with E-state index in [1.165, 1.54) is 11.4 Å². The molecule has 3 aromatic heterocycles. The minimum absolute atomic E-state index is 0.162. The monoisotopic (exact) mass is 338 g/mol. The number of ether oxygens (including phenoxy) is 1. The van der Waals surface area contributed by atoms with Gasteiger partial charge >= 0.3 is 0 Å². The van der Waals surface area contributed by atoms with Gasteiger partial charge in [0.25, 0.3) is 0 Å². The number of hydrogen-bond donors (Lipinski definition) is 0. The zero-order valence-electron chi connectivity index (χ0n) is 14.5. The Morgan fingerprint density at radius 3 is 2.92 bits per heavy atom. The molecule has 0 spiro atoms. The first-order valence-electron chi connectivity index (χ1n) is 8.47. The van der Waals surface area contributed by atoms with Crippen molar-refractivity contribution in [3.05, 3.63) is 59.8 Å². The maximum Gasteiger partial charge on any atom is 0.213 e. The molecule has 0 radical (unpaired) electrons. The molecule has 0 aromatic carbocycles. The summed E-state index contributed by atoms with van der Waals surface area (Å²) in [7, 11) is 2.00. The molecule has 0 N–H and O–H groups in total. The molecule has 0 saturated heterocycles. The van der Waals surface area contributed by atoms with Gasteiger partial charge < -0.3 is 4.74 Å². The standard InChI is InChI=1S/C18H22N6O/c1-14-9-16(22(2)21-14)11-23-10-15-6-8-20-24(15)17(12-23)13-25-18-5-3-4-7-19-18/h3-9,17H,10-13H2,1-2H3/t17-/m0/s1. The molecule has 1 aliphatic rings. The highest BCUT2D eigenvalue weighted by molar-refractivity contribution is 5.12. The van der Waals surface area contributed by atoms with Gasteiger partial charge in [-0.05, 0) is 25.1 Å². The fourth-order valence-corrected chi connectivity index (χ4v) is 3.36. The summed E-state index contributed by atoms with van der Waals surface area (Å²) in [4.78, 5) is 6.65. The van der Waals surface area contributed by atoms with Crippen molar-refractivity contribution in [3.8, 4) is 5.88 Å². The van der Waals surface area contributed by atoms with Crippen molar-refractivity contribution in [2.75, 3.05) is 13.2 Å². The summed E-state index contributed by atoms with van der Waals surface area (Å²) in [6.07, 6.45) is 3.60. The molecule has 0 fully saturated rings. The first kappa shape index (κ1) is 15.8. The van der Waals surface area contributed by atoms with Gasteiger partial charge in [0.2, 0.25) is 5.88 Å². The van der Waals surface area contributed by atoms with Gasteiger partial charge in [0.15, 0.2) is 0 Å². The van der Waals surface area contributed by atoms with E-state index in [-0.39, 0.29) is 6.04 Å². The molecule has 7 nitrogen and oxygen atoms in total. The minimum atomic E-state index is 0.162. The molecule has 130 valence electrons. The topological polar surface area (TPSA) is 61.0 Å². The van der Waals surface area contributed by atoms with Crippen LogP contribution in [0.15, 0.2) is 42.7 Å². The molecule has 1 atom stereocenters. The summed E-state index contributed by atoms with van der Waals surface area (Å²) in [5.41, 5.74) is 3.48. The van der Waals surface area contributed by atoms with Crippen LogP contribution in [0.25, 0.3) is 0 Å². The number of nitrogens with zero attached hydrogens (tertiary/aromatic N) is 6. The molecule has 0 bridgehead atoms. The Hall–Kier alpha value is -2.67. The largest absolute Gasteiger partial charge is 0.475 e. The normalized spacial score (nSPS) is 17.4. The van der Waals surface area contributed by atoms with E-state index in [1.54, 1.807) is 6.20 Å². The Kier molecular flexibility index (Phi) is 4.23. The number of rotatable bonds is 5. The fourth-order valence-electron chi connectivity index (χ4n) is 3.36. The quantitative estimate of drug-likeness (QED) is 0.712. The number of pyridine rings is 1. The average molecular weight is 338 g/mol. The van der Waals surface area contributed by atoms with Crippen molar-refractivity contribution in [1.29, 1.82) is 0 Å². The Labute approximate surface area is 146 Å². The molecule has 3 aromatic rings. The minimum Gasteiger partial charge on any atom is -0.475 e. The predicted octanol–water partition coefficient (Wildman–Crippen LogP) is 1.96. The van der Waals surface area contributed by atoms with Crippen LogP contribution in [0.5, 0.6) is 5.88 Å². The third kappa shape index (κ3) is 3.41. The summed E-state index contributed by atoms with van der Waals surface area (Å²) in [6.45, 7) is 5.20. The Balaban J connectivity index is 1.48. The zero-order chi connectivity index (χ0) is 17.2. The van der Waals surface area contributed by atoms with Crippen molar-refractivity contribution >= 4 is 0 Å². The molecular weight excluding hydrogens is 316 g/mol. The van der Waals surface area contributed by atoms with E-state index in [1.807, 2.05) is 43.0 Å². The molecular formula is C18H22N6O. The van der Waals surface area contributed by atoms with Crippen LogP contribution in [0.1, 0.15) is 23.1 Å². The van der Waals surface area contributed by atoms with E-state index in [0.29, 0.717) is 12.5 Å². The number of hydrogen-bond acceptors (Lipinski definition) is 5. The Bertz CT molecular complexity index is 840. The summed E-state index contributed by atoms with van der Waals surface area (Å²) in [5.74, 6) is 0.649. The van der Waals surface area contributed by atoms with E-state index in [4.69, 9.17) is 4.74 Å². The van der Waals surface area contributed by atoms with Crippen LogP contribution in [0.2, 0.25) is 0 Å². The lowest BCUT2D eigenvalue weighted by Crippen LogP contribution is -2.40. The smallest absolute Gasteiger partial charge is 0.213 e. The van der Waals surface area contributed by atoms with Gasteiger partial charge in [-0.25, -0.2) is 4.98 Å². The van der Waals surface area contributed by atoms with Gasteiger partial charge in [0.05, 0.1) is 23.1 Å². The number of fused-ring (bicyclic) bond motifs is 1. The van der Waals surface area contributed by atoms with Gasteiger partial charge in [0, 0.05) is 45.1 Å². The number of aromatic nitrogens is 5. The summed E-state index contributed by atoms with van der Waals surface area (Å²) in [5, 5.41) is 8.93. The maximum absolute atomic E-state index is 5.88. The van der Waals surface area contributed by atoms with Gasteiger partial charge in [-0.1, -0.05) is 6.07 Å². The lowest BCUT2D eigenvalue weighted by molar-refractivity contribution is 0.123. The molecule has 0 amide bonds. The van der Waals surface area contributed by atoms with E-state index in [9.17, 15) is 0 Å². The Morgan fingerprint density at radius 2 is 2.16 bits per heavy atom. The molecule has 4 rings (SSSR count). The zero-order valence-corrected chi connectivity index (χ0v) is 14.5. The third-order valence-electron chi connectivity index (χ3n) is 4.50. The van der Waals surface area contributed by atoms with Gasteiger partial charge in [-0.3, -0.25) is 14.3 Å². The van der Waals surface area contributed by atoms with Crippen LogP contribution in [0, 0.1) is 6.92 Å². The molecule has 25 heavy (non-hydrogen) atoms. The summed E-state index contributed by atoms with van der Waals surface area (Å²) >= 11 is 0. The molecule has 4 heterocycles. The molecule has 0 saturated carbocycles. The second kappa shape index (κ2) is 6.68.